The predicted molar refractivity (Wildman–Crippen MR) is 160 cm³/mol. The van der Waals surface area contributed by atoms with Gasteiger partial charge in [0.25, 0.3) is 11.2 Å². The van der Waals surface area contributed by atoms with Crippen molar-refractivity contribution < 1.29 is 19.2 Å². The Labute approximate surface area is 248 Å². The Morgan fingerprint density at radius 3 is 2.50 bits per heavy atom. The van der Waals surface area contributed by atoms with Crippen molar-refractivity contribution in [3.05, 3.63) is 127 Å². The van der Waals surface area contributed by atoms with Gasteiger partial charge in [0.2, 0.25) is 0 Å². The summed E-state index contributed by atoms with van der Waals surface area (Å²) in [5, 5.41) is 16.4. The van der Waals surface area contributed by atoms with Gasteiger partial charge in [0.1, 0.15) is 0 Å². The molecule has 0 bridgehead atoms. The molecule has 42 heavy (non-hydrogen) atoms. The minimum atomic E-state index is -0.717. The average Bonchev–Trinajstić information content (AvgIpc) is 2.98. The fraction of sp³-hybridized carbons (Fsp3) is 0.0667. The number of ether oxygens (including phenoxy) is 2. The van der Waals surface area contributed by atoms with E-state index in [4.69, 9.17) is 32.7 Å². The number of carbonyl (C=O) groups excluding carboxylic acids is 1. The predicted octanol–water partition coefficient (Wildman–Crippen LogP) is 6.78. The van der Waals surface area contributed by atoms with Gasteiger partial charge in [0.15, 0.2) is 17.3 Å². The van der Waals surface area contributed by atoms with E-state index >= 15 is 0 Å². The number of nitrogens with zero attached hydrogens (tertiary/aromatic N) is 4. The normalized spacial score (nSPS) is 11.1. The first kappa shape index (κ1) is 28.5. The topological polar surface area (TPSA) is 126 Å². The van der Waals surface area contributed by atoms with Gasteiger partial charge in [-0.15, -0.1) is 0 Å². The number of carbonyl (C=O) groups is 1. The van der Waals surface area contributed by atoms with Gasteiger partial charge >= 0.3 is 5.97 Å². The van der Waals surface area contributed by atoms with Crippen LogP contribution in [0.25, 0.3) is 22.3 Å². The van der Waals surface area contributed by atoms with Gasteiger partial charge in [0.05, 0.1) is 39.2 Å². The van der Waals surface area contributed by atoms with Gasteiger partial charge in [-0.05, 0) is 73.2 Å². The van der Waals surface area contributed by atoms with Gasteiger partial charge in [-0.3, -0.25) is 14.9 Å². The van der Waals surface area contributed by atoms with Crippen molar-refractivity contribution in [3.8, 4) is 22.9 Å². The highest BCUT2D eigenvalue weighted by Crippen LogP contribution is 2.31. The van der Waals surface area contributed by atoms with E-state index in [0.717, 1.165) is 4.68 Å². The second kappa shape index (κ2) is 12.2. The number of aromatic nitrogens is 2. The second-order valence-corrected chi connectivity index (χ2v) is 9.61. The number of benzene rings is 4. The minimum Gasteiger partial charge on any atom is -0.490 e. The molecule has 0 saturated heterocycles. The molecule has 5 aromatic rings. The van der Waals surface area contributed by atoms with Crippen LogP contribution in [0.5, 0.6) is 11.5 Å². The summed E-state index contributed by atoms with van der Waals surface area (Å²) in [5.74, 6) is -0.113. The molecule has 0 fully saturated rings. The number of para-hydroxylation sites is 1. The largest absolute Gasteiger partial charge is 0.490 e. The quantitative estimate of drug-likeness (QED) is 0.0629. The third kappa shape index (κ3) is 5.99. The molecule has 0 spiro atoms. The lowest BCUT2D eigenvalue weighted by Crippen LogP contribution is -2.20. The first-order valence-corrected chi connectivity index (χ1v) is 13.3. The first-order chi connectivity index (χ1) is 20.2. The summed E-state index contributed by atoms with van der Waals surface area (Å²) in [5.41, 5.74) is 1.05. The maximum atomic E-state index is 13.5. The van der Waals surface area contributed by atoms with E-state index in [9.17, 15) is 19.7 Å². The molecule has 0 aliphatic carbocycles. The zero-order chi connectivity index (χ0) is 29.8. The van der Waals surface area contributed by atoms with Crippen LogP contribution in [-0.2, 0) is 0 Å². The van der Waals surface area contributed by atoms with Crippen molar-refractivity contribution in [1.82, 2.24) is 9.66 Å². The maximum absolute atomic E-state index is 13.5. The van der Waals surface area contributed by atoms with Crippen molar-refractivity contribution in [2.75, 3.05) is 6.61 Å². The van der Waals surface area contributed by atoms with E-state index in [1.807, 2.05) is 0 Å². The number of halogens is 2. The molecule has 0 saturated carbocycles. The number of esters is 1. The van der Waals surface area contributed by atoms with Crippen LogP contribution in [0.3, 0.4) is 0 Å². The fourth-order valence-corrected chi connectivity index (χ4v) is 4.53. The highest BCUT2D eigenvalue weighted by molar-refractivity contribution is 6.36. The Hall–Kier alpha value is -5.06. The molecule has 0 amide bonds. The summed E-state index contributed by atoms with van der Waals surface area (Å²) < 4.78 is 12.3. The van der Waals surface area contributed by atoms with Crippen LogP contribution in [0, 0.1) is 10.1 Å². The van der Waals surface area contributed by atoms with E-state index in [2.05, 4.69) is 10.1 Å². The summed E-state index contributed by atoms with van der Waals surface area (Å²) in [6, 6.07) is 21.5. The van der Waals surface area contributed by atoms with Crippen LogP contribution in [0.2, 0.25) is 10.0 Å². The van der Waals surface area contributed by atoms with Crippen LogP contribution in [0.1, 0.15) is 22.8 Å². The zero-order valence-corrected chi connectivity index (χ0v) is 23.4. The summed E-state index contributed by atoms with van der Waals surface area (Å²) in [4.78, 5) is 41.1. The molecule has 0 N–H and O–H groups in total. The van der Waals surface area contributed by atoms with E-state index in [-0.39, 0.29) is 35.2 Å². The van der Waals surface area contributed by atoms with Gasteiger partial charge in [0, 0.05) is 22.7 Å². The molecule has 1 aromatic heterocycles. The highest BCUT2D eigenvalue weighted by atomic mass is 35.5. The molecule has 1 heterocycles. The summed E-state index contributed by atoms with van der Waals surface area (Å²) in [7, 11) is 0. The molecular formula is C30H20Cl2N4O6. The third-order valence-corrected chi connectivity index (χ3v) is 6.58. The van der Waals surface area contributed by atoms with Crippen LogP contribution < -0.4 is 15.0 Å². The van der Waals surface area contributed by atoms with Gasteiger partial charge in [-0.2, -0.15) is 9.78 Å². The number of hydrogen-bond acceptors (Lipinski definition) is 8. The molecular weight excluding hydrogens is 583 g/mol. The summed E-state index contributed by atoms with van der Waals surface area (Å²) >= 11 is 12.5. The van der Waals surface area contributed by atoms with Crippen molar-refractivity contribution in [1.29, 1.82) is 0 Å². The van der Waals surface area contributed by atoms with E-state index < -0.39 is 16.5 Å². The molecule has 5 rings (SSSR count). The van der Waals surface area contributed by atoms with Crippen molar-refractivity contribution >= 4 is 52.0 Å². The molecule has 4 aromatic carbocycles. The lowest BCUT2D eigenvalue weighted by atomic mass is 10.2. The fourth-order valence-electron chi connectivity index (χ4n) is 4.04. The summed E-state index contributed by atoms with van der Waals surface area (Å²) in [6.45, 7) is 2.04. The lowest BCUT2D eigenvalue weighted by Gasteiger charge is -2.12. The lowest BCUT2D eigenvalue weighted by molar-refractivity contribution is -0.384. The molecule has 0 unspecified atom stereocenters. The Kier molecular flexibility index (Phi) is 8.28. The van der Waals surface area contributed by atoms with Crippen molar-refractivity contribution in [3.63, 3.8) is 0 Å². The van der Waals surface area contributed by atoms with Crippen LogP contribution in [0.4, 0.5) is 5.69 Å². The SMILES string of the molecule is CCOc1cc(C=Nn2c(-c3ccc(Cl)cc3Cl)nc3ccccc3c2=O)ccc1OC(=O)c1ccc([N+](=O)[O-])cc1. The number of hydrogen-bond donors (Lipinski definition) is 0. The molecule has 0 aliphatic rings. The monoisotopic (exact) mass is 602 g/mol. The smallest absolute Gasteiger partial charge is 0.343 e. The van der Waals surface area contributed by atoms with Crippen LogP contribution >= 0.6 is 23.2 Å². The van der Waals surface area contributed by atoms with E-state index in [1.165, 1.54) is 36.5 Å². The zero-order valence-electron chi connectivity index (χ0n) is 21.9. The molecule has 210 valence electrons. The van der Waals surface area contributed by atoms with Crippen molar-refractivity contribution in [2.45, 2.75) is 6.92 Å². The molecule has 0 aliphatic heterocycles. The Balaban J connectivity index is 1.50. The van der Waals surface area contributed by atoms with Gasteiger partial charge in [-0.1, -0.05) is 35.3 Å². The second-order valence-electron chi connectivity index (χ2n) is 8.77. The number of nitro benzene ring substituents is 1. The number of fused-ring (bicyclic) bond motifs is 1. The first-order valence-electron chi connectivity index (χ1n) is 12.5. The standard InChI is InChI=1S/C30H20Cl2N4O6/c1-2-41-27-15-18(7-14-26(27)42-30(38)19-8-11-21(12-9-19)36(39)40)17-33-35-28(22-13-10-20(31)16-24(22)32)34-25-6-4-3-5-23(25)29(35)37/h3-17H,2H2,1H3. The summed E-state index contributed by atoms with van der Waals surface area (Å²) in [6.07, 6.45) is 1.44. The average molecular weight is 603 g/mol. The Morgan fingerprint density at radius 2 is 1.79 bits per heavy atom. The Morgan fingerprint density at radius 1 is 1.02 bits per heavy atom. The minimum absolute atomic E-state index is 0.130. The van der Waals surface area contributed by atoms with Crippen molar-refractivity contribution in [2.24, 2.45) is 5.10 Å². The molecule has 12 heteroatoms. The van der Waals surface area contributed by atoms with Gasteiger partial charge in [-0.25, -0.2) is 9.78 Å². The van der Waals surface area contributed by atoms with Gasteiger partial charge < -0.3 is 9.47 Å². The number of rotatable bonds is 8. The number of non-ortho nitro benzene ring substituents is 1. The molecule has 10 nitrogen and oxygen atoms in total. The Bertz CT molecular complexity index is 1920. The van der Waals surface area contributed by atoms with E-state index in [0.29, 0.717) is 32.1 Å². The van der Waals surface area contributed by atoms with Crippen LogP contribution in [0.15, 0.2) is 94.8 Å². The van der Waals surface area contributed by atoms with Crippen LogP contribution in [-0.4, -0.2) is 33.4 Å². The van der Waals surface area contributed by atoms with E-state index in [1.54, 1.807) is 61.5 Å². The molecule has 0 radical (unpaired) electrons. The number of nitro groups is 1. The highest BCUT2D eigenvalue weighted by Gasteiger charge is 2.17. The third-order valence-electron chi connectivity index (χ3n) is 6.03. The molecule has 0 atom stereocenters. The maximum Gasteiger partial charge on any atom is 0.343 e.